The van der Waals surface area contributed by atoms with Crippen molar-refractivity contribution in [3.05, 3.63) is 59.2 Å². The van der Waals surface area contributed by atoms with Crippen LogP contribution in [0.1, 0.15) is 0 Å². The molecule has 7 nitrogen and oxygen atoms in total. The summed E-state index contributed by atoms with van der Waals surface area (Å²) in [6.07, 6.45) is 3.15. The minimum Gasteiger partial charge on any atom is -0.376 e. The Labute approximate surface area is 166 Å². The second-order valence-corrected chi connectivity index (χ2v) is 6.90. The van der Waals surface area contributed by atoms with Gasteiger partial charge in [-0.05, 0) is 17.7 Å². The van der Waals surface area contributed by atoms with Crippen LogP contribution in [0.4, 0.5) is 21.7 Å². The smallest absolute Gasteiger partial charge is 0.228 e. The Bertz CT molecular complexity index is 1030. The molecule has 2 aromatic heterocycles. The molecule has 142 valence electrons. The zero-order valence-corrected chi connectivity index (χ0v) is 15.9. The van der Waals surface area contributed by atoms with E-state index in [0.29, 0.717) is 23.8 Å². The molecule has 28 heavy (non-hydrogen) atoms. The lowest BCUT2D eigenvalue weighted by atomic mass is 10.0. The van der Waals surface area contributed by atoms with Crippen LogP contribution in [-0.2, 0) is 7.05 Å². The van der Waals surface area contributed by atoms with Gasteiger partial charge in [-0.2, -0.15) is 4.39 Å². The van der Waals surface area contributed by atoms with Gasteiger partial charge in [0.15, 0.2) is 0 Å². The van der Waals surface area contributed by atoms with Gasteiger partial charge in [-0.1, -0.05) is 23.7 Å². The maximum atomic E-state index is 13.3. The zero-order valence-electron chi connectivity index (χ0n) is 15.2. The van der Waals surface area contributed by atoms with Gasteiger partial charge in [0.2, 0.25) is 17.6 Å². The van der Waals surface area contributed by atoms with Crippen LogP contribution in [0.15, 0.2) is 36.8 Å². The lowest BCUT2D eigenvalue weighted by molar-refractivity contribution is 0.584. The van der Waals surface area contributed by atoms with Crippen molar-refractivity contribution in [1.82, 2.24) is 19.7 Å². The fourth-order valence-corrected chi connectivity index (χ4v) is 3.64. The molecule has 0 saturated carbocycles. The predicted octanol–water partition coefficient (Wildman–Crippen LogP) is 3.55. The first-order valence-corrected chi connectivity index (χ1v) is 9.12. The van der Waals surface area contributed by atoms with Gasteiger partial charge >= 0.3 is 0 Å². The van der Waals surface area contributed by atoms with E-state index in [9.17, 15) is 4.39 Å². The van der Waals surface area contributed by atoms with Crippen LogP contribution in [0.2, 0.25) is 5.02 Å². The van der Waals surface area contributed by atoms with Crippen molar-refractivity contribution in [3.8, 4) is 11.1 Å². The van der Waals surface area contributed by atoms with E-state index in [1.54, 1.807) is 18.5 Å². The number of halogens is 2. The van der Waals surface area contributed by atoms with E-state index in [0.717, 1.165) is 35.9 Å². The van der Waals surface area contributed by atoms with Crippen molar-refractivity contribution in [2.24, 2.45) is 7.05 Å². The minimum absolute atomic E-state index is 0.399. The van der Waals surface area contributed by atoms with Gasteiger partial charge in [-0.3, -0.25) is 0 Å². The SMILES string of the molecule is [C-]#[N+]c1c(Cl)ccc(-c2ccc(F)nc2)c1N1CCN(c2nncn2C)CC1. The average molecular weight is 398 g/mol. The number of aryl methyl sites for hydroxylation is 1. The molecule has 0 amide bonds. The van der Waals surface area contributed by atoms with E-state index in [1.165, 1.54) is 12.3 Å². The molecule has 1 aliphatic rings. The molecule has 1 fully saturated rings. The predicted molar refractivity (Wildman–Crippen MR) is 106 cm³/mol. The van der Waals surface area contributed by atoms with E-state index in [1.807, 2.05) is 17.7 Å². The lowest BCUT2D eigenvalue weighted by Gasteiger charge is -2.38. The number of hydrogen-bond acceptors (Lipinski definition) is 5. The van der Waals surface area contributed by atoms with Gasteiger partial charge in [0, 0.05) is 50.0 Å². The lowest BCUT2D eigenvalue weighted by Crippen LogP contribution is -2.47. The number of benzene rings is 1. The summed E-state index contributed by atoms with van der Waals surface area (Å²) in [5.74, 6) is 0.279. The molecule has 1 aliphatic heterocycles. The highest BCUT2D eigenvalue weighted by Crippen LogP contribution is 2.43. The molecule has 4 rings (SSSR count). The van der Waals surface area contributed by atoms with Crippen LogP contribution in [0, 0.1) is 12.5 Å². The molecule has 3 aromatic rings. The number of anilines is 2. The zero-order chi connectivity index (χ0) is 19.7. The van der Waals surface area contributed by atoms with Crippen molar-refractivity contribution in [2.45, 2.75) is 0 Å². The third-order valence-corrected chi connectivity index (χ3v) is 5.12. The van der Waals surface area contributed by atoms with E-state index < -0.39 is 5.95 Å². The normalized spacial score (nSPS) is 14.2. The first kappa shape index (κ1) is 18.2. The van der Waals surface area contributed by atoms with Gasteiger partial charge in [0.25, 0.3) is 0 Å². The number of piperazine rings is 1. The summed E-state index contributed by atoms with van der Waals surface area (Å²) in [5, 5.41) is 8.50. The fourth-order valence-electron chi connectivity index (χ4n) is 3.44. The Morgan fingerprint density at radius 2 is 1.86 bits per heavy atom. The maximum absolute atomic E-state index is 13.3. The molecular weight excluding hydrogens is 381 g/mol. The molecule has 1 saturated heterocycles. The van der Waals surface area contributed by atoms with Crippen molar-refractivity contribution in [3.63, 3.8) is 0 Å². The second-order valence-electron chi connectivity index (χ2n) is 6.49. The van der Waals surface area contributed by atoms with Crippen LogP contribution in [0.3, 0.4) is 0 Å². The molecule has 0 radical (unpaired) electrons. The third-order valence-electron chi connectivity index (χ3n) is 4.82. The minimum atomic E-state index is -0.540. The van der Waals surface area contributed by atoms with E-state index >= 15 is 0 Å². The first-order chi connectivity index (χ1) is 13.6. The van der Waals surface area contributed by atoms with E-state index in [4.69, 9.17) is 18.2 Å². The summed E-state index contributed by atoms with van der Waals surface area (Å²) in [4.78, 5) is 11.7. The van der Waals surface area contributed by atoms with Crippen molar-refractivity contribution in [1.29, 1.82) is 0 Å². The van der Waals surface area contributed by atoms with Crippen LogP contribution >= 0.6 is 11.6 Å². The number of aromatic nitrogens is 4. The molecule has 0 atom stereocenters. The third kappa shape index (κ3) is 3.25. The summed E-state index contributed by atoms with van der Waals surface area (Å²) < 4.78 is 15.2. The number of hydrogen-bond donors (Lipinski definition) is 0. The van der Waals surface area contributed by atoms with Crippen LogP contribution in [0.25, 0.3) is 16.0 Å². The Morgan fingerprint density at radius 1 is 1.11 bits per heavy atom. The van der Waals surface area contributed by atoms with E-state index in [2.05, 4.69) is 29.8 Å². The summed E-state index contributed by atoms with van der Waals surface area (Å²) in [5.41, 5.74) is 2.72. The van der Waals surface area contributed by atoms with Gasteiger partial charge in [0.05, 0.1) is 12.3 Å². The molecule has 3 heterocycles. The molecule has 0 spiro atoms. The van der Waals surface area contributed by atoms with Gasteiger partial charge in [-0.25, -0.2) is 9.83 Å². The largest absolute Gasteiger partial charge is 0.376 e. The molecule has 1 aromatic carbocycles. The maximum Gasteiger partial charge on any atom is 0.228 e. The topological polar surface area (TPSA) is 54.4 Å². The number of rotatable bonds is 3. The molecule has 9 heteroatoms. The highest BCUT2D eigenvalue weighted by molar-refractivity contribution is 6.34. The summed E-state index contributed by atoms with van der Waals surface area (Å²) >= 11 is 6.32. The molecule has 0 bridgehead atoms. The Kier molecular flexibility index (Phi) is 4.84. The van der Waals surface area contributed by atoms with Gasteiger partial charge < -0.3 is 14.4 Å². The highest BCUT2D eigenvalue weighted by Gasteiger charge is 2.25. The molecular formula is C19H17ClFN7. The van der Waals surface area contributed by atoms with E-state index in [-0.39, 0.29) is 0 Å². The number of pyridine rings is 1. The summed E-state index contributed by atoms with van der Waals surface area (Å²) in [7, 11) is 1.91. The van der Waals surface area contributed by atoms with Crippen molar-refractivity contribution in [2.75, 3.05) is 36.0 Å². The van der Waals surface area contributed by atoms with Gasteiger partial charge in [0.1, 0.15) is 6.33 Å². The molecule has 0 unspecified atom stereocenters. The summed E-state index contributed by atoms with van der Waals surface area (Å²) in [6.45, 7) is 10.5. The fraction of sp³-hybridized carbons (Fsp3) is 0.263. The van der Waals surface area contributed by atoms with Gasteiger partial charge in [-0.15, -0.1) is 10.2 Å². The monoisotopic (exact) mass is 397 g/mol. The Morgan fingerprint density at radius 3 is 2.46 bits per heavy atom. The van der Waals surface area contributed by atoms with Crippen LogP contribution in [-0.4, -0.2) is 45.9 Å². The molecule has 0 N–H and O–H groups in total. The number of nitrogens with zero attached hydrogens (tertiary/aromatic N) is 7. The van der Waals surface area contributed by atoms with Crippen molar-refractivity contribution >= 4 is 28.9 Å². The average Bonchev–Trinajstić information content (AvgIpc) is 3.14. The highest BCUT2D eigenvalue weighted by atomic mass is 35.5. The van der Waals surface area contributed by atoms with Crippen LogP contribution in [0.5, 0.6) is 0 Å². The Balaban J connectivity index is 1.69. The van der Waals surface area contributed by atoms with Crippen molar-refractivity contribution < 1.29 is 4.39 Å². The van der Waals surface area contributed by atoms with Crippen LogP contribution < -0.4 is 9.80 Å². The first-order valence-electron chi connectivity index (χ1n) is 8.74. The Hall–Kier alpha value is -3.18. The molecule has 0 aliphatic carbocycles. The quantitative estimate of drug-likeness (QED) is 0.499. The summed E-state index contributed by atoms with van der Waals surface area (Å²) in [6, 6.07) is 6.54. The standard InChI is InChI=1S/C19H17ClFN7/c1-22-17-15(20)5-4-14(13-3-6-16(21)23-11-13)18(17)27-7-9-28(10-8-27)19-25-24-12-26(19)2/h3-6,11-12H,7-10H2,2H3. The second kappa shape index (κ2) is 7.44.